The molecule has 0 radical (unpaired) electrons. The number of unbranched alkanes of at least 4 members (excludes halogenated alkanes) is 2. The standard InChI is InChI=1S/C19H22N2O/c1-2-3-8-13-22-14-15-9-4-5-10-16(15)19-20-17-11-6-7-12-18(17)21-19/h4-7,9-12H,2-3,8,13-14H2,1H3,(H,20,21). The van der Waals surface area contributed by atoms with Crippen molar-refractivity contribution in [1.29, 1.82) is 0 Å². The Morgan fingerprint density at radius 1 is 1.00 bits per heavy atom. The lowest BCUT2D eigenvalue weighted by molar-refractivity contribution is 0.117. The Bertz CT molecular complexity index is 700. The van der Waals surface area contributed by atoms with Gasteiger partial charge in [-0.15, -0.1) is 0 Å². The molecule has 3 heteroatoms. The molecule has 0 aliphatic rings. The summed E-state index contributed by atoms with van der Waals surface area (Å²) >= 11 is 0. The average molecular weight is 294 g/mol. The molecule has 0 fully saturated rings. The average Bonchev–Trinajstić information content (AvgIpc) is 2.99. The first-order valence-corrected chi connectivity index (χ1v) is 7.99. The number of hydrogen-bond donors (Lipinski definition) is 1. The third kappa shape index (κ3) is 3.37. The normalized spacial score (nSPS) is 11.1. The van der Waals surface area contributed by atoms with Crippen molar-refractivity contribution in [3.8, 4) is 11.4 Å². The topological polar surface area (TPSA) is 37.9 Å². The minimum absolute atomic E-state index is 0.636. The first kappa shape index (κ1) is 14.8. The molecule has 1 N–H and O–H groups in total. The van der Waals surface area contributed by atoms with Crippen molar-refractivity contribution in [3.05, 3.63) is 54.1 Å². The van der Waals surface area contributed by atoms with E-state index in [-0.39, 0.29) is 0 Å². The van der Waals surface area contributed by atoms with Crippen LogP contribution in [0.4, 0.5) is 0 Å². The monoisotopic (exact) mass is 294 g/mol. The number of nitrogens with zero attached hydrogens (tertiary/aromatic N) is 1. The van der Waals surface area contributed by atoms with Gasteiger partial charge in [-0.3, -0.25) is 0 Å². The maximum Gasteiger partial charge on any atom is 0.138 e. The smallest absolute Gasteiger partial charge is 0.138 e. The summed E-state index contributed by atoms with van der Waals surface area (Å²) in [4.78, 5) is 8.09. The molecule has 0 amide bonds. The van der Waals surface area contributed by atoms with Crippen LogP contribution < -0.4 is 0 Å². The van der Waals surface area contributed by atoms with Crippen LogP contribution in [0.2, 0.25) is 0 Å². The Morgan fingerprint density at radius 3 is 2.68 bits per heavy atom. The van der Waals surface area contributed by atoms with Gasteiger partial charge in [0.25, 0.3) is 0 Å². The number of ether oxygens (including phenoxy) is 1. The second kappa shape index (κ2) is 7.23. The van der Waals surface area contributed by atoms with Crippen molar-refractivity contribution in [2.45, 2.75) is 32.8 Å². The molecule has 3 aromatic rings. The summed E-state index contributed by atoms with van der Waals surface area (Å²) in [5, 5.41) is 0. The van der Waals surface area contributed by atoms with Crippen LogP contribution in [0.3, 0.4) is 0 Å². The molecule has 1 heterocycles. The summed E-state index contributed by atoms with van der Waals surface area (Å²) in [6, 6.07) is 16.4. The molecule has 1 aromatic heterocycles. The fraction of sp³-hybridized carbons (Fsp3) is 0.316. The first-order valence-electron chi connectivity index (χ1n) is 7.99. The van der Waals surface area contributed by atoms with E-state index in [1.54, 1.807) is 0 Å². The molecule has 0 bridgehead atoms. The van der Waals surface area contributed by atoms with E-state index in [9.17, 15) is 0 Å². The molecule has 0 saturated heterocycles. The number of aromatic amines is 1. The van der Waals surface area contributed by atoms with Crippen molar-refractivity contribution < 1.29 is 4.74 Å². The predicted octanol–water partition coefficient (Wildman–Crippen LogP) is 4.94. The Labute approximate surface area is 131 Å². The van der Waals surface area contributed by atoms with Gasteiger partial charge in [0.05, 0.1) is 17.6 Å². The zero-order valence-corrected chi connectivity index (χ0v) is 13.0. The molecule has 0 aliphatic heterocycles. The number of fused-ring (bicyclic) bond motifs is 1. The highest BCUT2D eigenvalue weighted by atomic mass is 16.5. The fourth-order valence-corrected chi connectivity index (χ4v) is 2.59. The SMILES string of the molecule is CCCCCOCc1ccccc1-c1nc2ccccc2[nH]1. The Kier molecular flexibility index (Phi) is 4.86. The van der Waals surface area contributed by atoms with E-state index >= 15 is 0 Å². The second-order valence-electron chi connectivity index (χ2n) is 5.52. The number of nitrogens with one attached hydrogen (secondary N) is 1. The van der Waals surface area contributed by atoms with Gasteiger partial charge in [0.2, 0.25) is 0 Å². The number of hydrogen-bond acceptors (Lipinski definition) is 2. The maximum atomic E-state index is 5.82. The van der Waals surface area contributed by atoms with Gasteiger partial charge in [0.1, 0.15) is 5.82 Å². The van der Waals surface area contributed by atoms with Gasteiger partial charge in [0, 0.05) is 12.2 Å². The second-order valence-corrected chi connectivity index (χ2v) is 5.52. The van der Waals surface area contributed by atoms with Crippen molar-refractivity contribution in [2.24, 2.45) is 0 Å². The minimum atomic E-state index is 0.636. The number of para-hydroxylation sites is 2. The Balaban J connectivity index is 1.78. The lowest BCUT2D eigenvalue weighted by atomic mass is 10.1. The maximum absolute atomic E-state index is 5.82. The predicted molar refractivity (Wildman–Crippen MR) is 90.7 cm³/mol. The summed E-state index contributed by atoms with van der Waals surface area (Å²) in [7, 11) is 0. The van der Waals surface area contributed by atoms with E-state index in [1.165, 1.54) is 18.4 Å². The van der Waals surface area contributed by atoms with E-state index < -0.39 is 0 Å². The molecule has 0 aliphatic carbocycles. The van der Waals surface area contributed by atoms with Gasteiger partial charge in [-0.1, -0.05) is 56.2 Å². The third-order valence-electron chi connectivity index (χ3n) is 3.81. The number of aromatic nitrogens is 2. The van der Waals surface area contributed by atoms with E-state index in [0.29, 0.717) is 6.61 Å². The summed E-state index contributed by atoms with van der Waals surface area (Å²) in [5.74, 6) is 0.911. The highest BCUT2D eigenvalue weighted by molar-refractivity contribution is 5.79. The van der Waals surface area contributed by atoms with Crippen LogP contribution in [-0.4, -0.2) is 16.6 Å². The highest BCUT2D eigenvalue weighted by Crippen LogP contribution is 2.24. The fourth-order valence-electron chi connectivity index (χ4n) is 2.59. The molecule has 114 valence electrons. The lowest BCUT2D eigenvalue weighted by Crippen LogP contribution is -1.98. The zero-order chi connectivity index (χ0) is 15.2. The van der Waals surface area contributed by atoms with Gasteiger partial charge in [-0.2, -0.15) is 0 Å². The molecular weight excluding hydrogens is 272 g/mol. The minimum Gasteiger partial charge on any atom is -0.377 e. The highest BCUT2D eigenvalue weighted by Gasteiger charge is 2.09. The number of benzene rings is 2. The van der Waals surface area contributed by atoms with E-state index in [4.69, 9.17) is 9.72 Å². The molecule has 3 nitrogen and oxygen atoms in total. The third-order valence-corrected chi connectivity index (χ3v) is 3.81. The Hall–Kier alpha value is -2.13. The van der Waals surface area contributed by atoms with Crippen molar-refractivity contribution in [3.63, 3.8) is 0 Å². The zero-order valence-electron chi connectivity index (χ0n) is 13.0. The van der Waals surface area contributed by atoms with Crippen LogP contribution in [0, 0.1) is 0 Å². The molecule has 0 atom stereocenters. The summed E-state index contributed by atoms with van der Waals surface area (Å²) < 4.78 is 5.82. The molecule has 22 heavy (non-hydrogen) atoms. The number of imidazole rings is 1. The van der Waals surface area contributed by atoms with Gasteiger partial charge >= 0.3 is 0 Å². The van der Waals surface area contributed by atoms with Crippen LogP contribution in [0.15, 0.2) is 48.5 Å². The summed E-state index contributed by atoms with van der Waals surface area (Å²) in [6.45, 7) is 3.66. The number of rotatable bonds is 7. The summed E-state index contributed by atoms with van der Waals surface area (Å²) in [5.41, 5.74) is 4.36. The molecule has 0 spiro atoms. The van der Waals surface area contributed by atoms with E-state index in [2.05, 4.69) is 36.2 Å². The Morgan fingerprint density at radius 2 is 1.82 bits per heavy atom. The van der Waals surface area contributed by atoms with Crippen LogP contribution in [0.1, 0.15) is 31.7 Å². The first-order chi connectivity index (χ1) is 10.9. The van der Waals surface area contributed by atoms with Gasteiger partial charge < -0.3 is 9.72 Å². The van der Waals surface area contributed by atoms with Gasteiger partial charge in [0.15, 0.2) is 0 Å². The van der Waals surface area contributed by atoms with Gasteiger partial charge in [-0.05, 0) is 24.1 Å². The summed E-state index contributed by atoms with van der Waals surface area (Å²) in [6.07, 6.45) is 3.58. The molecular formula is C19H22N2O. The molecule has 0 unspecified atom stereocenters. The van der Waals surface area contributed by atoms with Crippen molar-refractivity contribution in [1.82, 2.24) is 9.97 Å². The quantitative estimate of drug-likeness (QED) is 0.627. The van der Waals surface area contributed by atoms with Crippen molar-refractivity contribution in [2.75, 3.05) is 6.61 Å². The molecule has 0 saturated carbocycles. The van der Waals surface area contributed by atoms with Crippen LogP contribution >= 0.6 is 0 Å². The number of H-pyrrole nitrogens is 1. The molecule has 3 rings (SSSR count). The van der Waals surface area contributed by atoms with Crippen LogP contribution in [-0.2, 0) is 11.3 Å². The van der Waals surface area contributed by atoms with Crippen LogP contribution in [0.5, 0.6) is 0 Å². The van der Waals surface area contributed by atoms with Crippen molar-refractivity contribution >= 4 is 11.0 Å². The van der Waals surface area contributed by atoms with Crippen LogP contribution in [0.25, 0.3) is 22.4 Å². The van der Waals surface area contributed by atoms with E-state index in [1.807, 2.05) is 24.3 Å². The lowest BCUT2D eigenvalue weighted by Gasteiger charge is -2.08. The van der Waals surface area contributed by atoms with E-state index in [0.717, 1.165) is 35.4 Å². The van der Waals surface area contributed by atoms with Gasteiger partial charge in [-0.25, -0.2) is 4.98 Å². The largest absolute Gasteiger partial charge is 0.377 e. The molecule has 2 aromatic carbocycles.